The van der Waals surface area contributed by atoms with E-state index in [9.17, 15) is 13.2 Å². The molecule has 2 fully saturated rings. The average Bonchev–Trinajstić information content (AvgIpc) is 3.39. The first-order valence-electron chi connectivity index (χ1n) is 10.4. The van der Waals surface area contributed by atoms with Gasteiger partial charge < -0.3 is 9.42 Å². The van der Waals surface area contributed by atoms with E-state index in [0.29, 0.717) is 37.6 Å². The van der Waals surface area contributed by atoms with Gasteiger partial charge >= 0.3 is 0 Å². The van der Waals surface area contributed by atoms with Crippen molar-refractivity contribution in [2.45, 2.75) is 37.6 Å². The molecule has 1 atom stereocenters. The summed E-state index contributed by atoms with van der Waals surface area (Å²) >= 11 is 0. The van der Waals surface area contributed by atoms with E-state index in [4.69, 9.17) is 4.52 Å². The van der Waals surface area contributed by atoms with Crippen molar-refractivity contribution in [1.29, 1.82) is 0 Å². The Kier molecular flexibility index (Phi) is 5.95. The van der Waals surface area contributed by atoms with E-state index in [1.165, 1.54) is 4.31 Å². The van der Waals surface area contributed by atoms with Crippen LogP contribution in [0.25, 0.3) is 0 Å². The second-order valence-corrected chi connectivity index (χ2v) is 9.81. The zero-order valence-electron chi connectivity index (χ0n) is 17.5. The molecular formula is C21H28N4O4S. The van der Waals surface area contributed by atoms with Crippen molar-refractivity contribution >= 4 is 15.9 Å². The predicted molar refractivity (Wildman–Crippen MR) is 111 cm³/mol. The summed E-state index contributed by atoms with van der Waals surface area (Å²) in [6.45, 7) is 6.46. The molecule has 1 aromatic heterocycles. The Morgan fingerprint density at radius 2 is 1.63 bits per heavy atom. The van der Waals surface area contributed by atoms with Gasteiger partial charge in [-0.15, -0.1) is 0 Å². The molecule has 0 N–H and O–H groups in total. The molecule has 8 nitrogen and oxygen atoms in total. The van der Waals surface area contributed by atoms with Crippen LogP contribution in [0.3, 0.4) is 0 Å². The quantitative estimate of drug-likeness (QED) is 0.718. The summed E-state index contributed by atoms with van der Waals surface area (Å²) < 4.78 is 32.8. The number of aromatic nitrogens is 1. The van der Waals surface area contributed by atoms with Crippen molar-refractivity contribution in [2.24, 2.45) is 0 Å². The van der Waals surface area contributed by atoms with Gasteiger partial charge in [0.1, 0.15) is 16.6 Å². The molecule has 30 heavy (non-hydrogen) atoms. The monoisotopic (exact) mass is 432 g/mol. The van der Waals surface area contributed by atoms with Gasteiger partial charge in [0.2, 0.25) is 15.9 Å². The minimum atomic E-state index is -3.67. The molecule has 0 saturated carbocycles. The molecule has 0 aliphatic carbocycles. The molecule has 0 bridgehead atoms. The van der Waals surface area contributed by atoms with Crippen LogP contribution in [0.2, 0.25) is 0 Å². The maximum absolute atomic E-state index is 13.3. The van der Waals surface area contributed by atoms with Gasteiger partial charge in [-0.2, -0.15) is 4.31 Å². The van der Waals surface area contributed by atoms with Gasteiger partial charge in [-0.25, -0.2) is 8.42 Å². The number of carbonyl (C=O) groups is 1. The van der Waals surface area contributed by atoms with Crippen molar-refractivity contribution in [3.63, 3.8) is 0 Å². The number of piperazine rings is 1. The van der Waals surface area contributed by atoms with Crippen molar-refractivity contribution in [3.05, 3.63) is 47.3 Å². The molecule has 0 unspecified atom stereocenters. The fourth-order valence-electron chi connectivity index (χ4n) is 4.43. The summed E-state index contributed by atoms with van der Waals surface area (Å²) in [6, 6.07) is 9.40. The highest BCUT2D eigenvalue weighted by Gasteiger charge is 2.38. The van der Waals surface area contributed by atoms with E-state index < -0.39 is 10.0 Å². The standard InChI is InChI=1S/C21H28N4O4S/c1-16-20(17(2)29-22-16)30(27,28)25-14-12-23(13-15-25)19(18-8-4-3-5-9-18)21(26)24-10-6-7-11-24/h3-5,8-9,19H,6-7,10-15H2,1-2H3/t19-/m0/s1. The molecule has 2 aromatic rings. The summed E-state index contributed by atoms with van der Waals surface area (Å²) in [5, 5.41) is 3.79. The highest BCUT2D eigenvalue weighted by molar-refractivity contribution is 7.89. The molecule has 4 rings (SSSR count). The predicted octanol–water partition coefficient (Wildman–Crippen LogP) is 1.96. The van der Waals surface area contributed by atoms with Gasteiger partial charge in [0.15, 0.2) is 5.76 Å². The van der Waals surface area contributed by atoms with Gasteiger partial charge in [-0.3, -0.25) is 9.69 Å². The minimum absolute atomic E-state index is 0.112. The van der Waals surface area contributed by atoms with Gasteiger partial charge in [-0.1, -0.05) is 35.5 Å². The number of sulfonamides is 1. The zero-order valence-corrected chi connectivity index (χ0v) is 18.3. The van der Waals surface area contributed by atoms with Crippen molar-refractivity contribution in [3.8, 4) is 0 Å². The Balaban J connectivity index is 1.54. The van der Waals surface area contributed by atoms with E-state index in [2.05, 4.69) is 10.1 Å². The number of carbonyl (C=O) groups excluding carboxylic acids is 1. The second kappa shape index (κ2) is 8.49. The molecule has 0 spiro atoms. The van der Waals surface area contributed by atoms with E-state index in [1.807, 2.05) is 35.2 Å². The SMILES string of the molecule is Cc1noc(C)c1S(=O)(=O)N1CCN([C@H](C(=O)N2CCCC2)c2ccccc2)CC1. The molecular weight excluding hydrogens is 404 g/mol. The fourth-order valence-corrected chi connectivity index (χ4v) is 6.14. The Hall–Kier alpha value is -2.23. The molecule has 2 aliphatic rings. The summed E-state index contributed by atoms with van der Waals surface area (Å²) in [6.07, 6.45) is 2.08. The Morgan fingerprint density at radius 3 is 2.20 bits per heavy atom. The van der Waals surface area contributed by atoms with Crippen molar-refractivity contribution < 1.29 is 17.7 Å². The first kappa shape index (κ1) is 21.0. The number of hydrogen-bond donors (Lipinski definition) is 0. The third-order valence-corrected chi connectivity index (χ3v) is 8.11. The van der Waals surface area contributed by atoms with Crippen molar-refractivity contribution in [1.82, 2.24) is 19.3 Å². The number of hydrogen-bond acceptors (Lipinski definition) is 6. The molecule has 1 aromatic carbocycles. The molecule has 9 heteroatoms. The van der Waals surface area contributed by atoms with E-state index in [1.54, 1.807) is 13.8 Å². The van der Waals surface area contributed by atoms with Crippen molar-refractivity contribution in [2.75, 3.05) is 39.3 Å². The minimum Gasteiger partial charge on any atom is -0.360 e. The first-order valence-corrected chi connectivity index (χ1v) is 11.8. The first-order chi connectivity index (χ1) is 14.4. The van der Waals surface area contributed by atoms with Crippen LogP contribution in [0.15, 0.2) is 39.8 Å². The topological polar surface area (TPSA) is 87.0 Å². The smallest absolute Gasteiger partial charge is 0.248 e. The number of likely N-dealkylation sites (tertiary alicyclic amines) is 1. The van der Waals surface area contributed by atoms with Gasteiger partial charge in [-0.05, 0) is 32.3 Å². The van der Waals surface area contributed by atoms with Crippen LogP contribution in [0.1, 0.15) is 35.9 Å². The lowest BCUT2D eigenvalue weighted by molar-refractivity contribution is -0.136. The maximum Gasteiger partial charge on any atom is 0.248 e. The van der Waals surface area contributed by atoms with Crippen LogP contribution in [0, 0.1) is 13.8 Å². The largest absolute Gasteiger partial charge is 0.360 e. The number of rotatable bonds is 5. The summed E-state index contributed by atoms with van der Waals surface area (Å²) in [5.74, 6) is 0.419. The highest BCUT2D eigenvalue weighted by Crippen LogP contribution is 2.29. The van der Waals surface area contributed by atoms with E-state index >= 15 is 0 Å². The summed E-state index contributed by atoms with van der Waals surface area (Å²) in [4.78, 5) is 17.5. The van der Waals surface area contributed by atoms with E-state index in [-0.39, 0.29) is 16.8 Å². The molecule has 0 radical (unpaired) electrons. The molecule has 1 amide bonds. The lowest BCUT2D eigenvalue weighted by atomic mass is 10.0. The third-order valence-electron chi connectivity index (χ3n) is 5.97. The second-order valence-electron chi connectivity index (χ2n) is 7.94. The van der Waals surface area contributed by atoms with Gasteiger partial charge in [0.25, 0.3) is 0 Å². The zero-order chi connectivity index (χ0) is 21.3. The van der Waals surface area contributed by atoms with Gasteiger partial charge in [0, 0.05) is 39.3 Å². The lowest BCUT2D eigenvalue weighted by Gasteiger charge is -2.39. The van der Waals surface area contributed by atoms with Crippen LogP contribution in [-0.4, -0.2) is 72.9 Å². The van der Waals surface area contributed by atoms with Gasteiger partial charge in [0.05, 0.1) is 0 Å². The molecule has 2 aliphatic heterocycles. The highest BCUT2D eigenvalue weighted by atomic mass is 32.2. The Morgan fingerprint density at radius 1 is 1.00 bits per heavy atom. The summed E-state index contributed by atoms with van der Waals surface area (Å²) in [7, 11) is -3.67. The van der Waals surface area contributed by atoms with Crippen LogP contribution < -0.4 is 0 Å². The fraction of sp³-hybridized carbons (Fsp3) is 0.524. The summed E-state index contributed by atoms with van der Waals surface area (Å²) in [5.41, 5.74) is 1.33. The molecule has 2 saturated heterocycles. The average molecular weight is 433 g/mol. The Bertz CT molecular complexity index is 972. The maximum atomic E-state index is 13.3. The lowest BCUT2D eigenvalue weighted by Crippen LogP contribution is -2.52. The number of amides is 1. The Labute approximate surface area is 177 Å². The third kappa shape index (κ3) is 3.89. The normalized spacial score (nSPS) is 19.9. The number of aryl methyl sites for hydroxylation is 2. The van der Waals surface area contributed by atoms with E-state index in [0.717, 1.165) is 31.5 Å². The van der Waals surface area contributed by atoms with Crippen LogP contribution >= 0.6 is 0 Å². The molecule has 162 valence electrons. The molecule has 3 heterocycles. The number of benzene rings is 1. The van der Waals surface area contributed by atoms with Crippen LogP contribution in [0.5, 0.6) is 0 Å². The number of nitrogens with zero attached hydrogens (tertiary/aromatic N) is 4. The van der Waals surface area contributed by atoms with Crippen LogP contribution in [0.4, 0.5) is 0 Å². The van der Waals surface area contributed by atoms with Crippen LogP contribution in [-0.2, 0) is 14.8 Å².